The maximum Gasteiger partial charge on any atom is 0.301 e. The molecule has 1 aliphatic heterocycles. The van der Waals surface area contributed by atoms with Gasteiger partial charge in [0.15, 0.2) is 16.6 Å². The van der Waals surface area contributed by atoms with Gasteiger partial charge in [-0.25, -0.2) is 4.98 Å². The van der Waals surface area contributed by atoms with E-state index in [9.17, 15) is 14.7 Å². The van der Waals surface area contributed by atoms with Gasteiger partial charge in [0.05, 0.1) is 42.7 Å². The largest absolute Gasteiger partial charge is 0.507 e. The van der Waals surface area contributed by atoms with Gasteiger partial charge in [0.25, 0.3) is 5.78 Å². The first-order chi connectivity index (χ1) is 18.4. The smallest absolute Gasteiger partial charge is 0.301 e. The van der Waals surface area contributed by atoms with Crippen molar-refractivity contribution < 1.29 is 28.9 Å². The van der Waals surface area contributed by atoms with Crippen molar-refractivity contribution in [3.8, 4) is 17.2 Å². The summed E-state index contributed by atoms with van der Waals surface area (Å²) in [5.74, 6) is -0.378. The number of ketones is 1. The van der Waals surface area contributed by atoms with Crippen molar-refractivity contribution in [3.63, 3.8) is 0 Å². The third-order valence-electron chi connectivity index (χ3n) is 6.15. The van der Waals surface area contributed by atoms with Crippen molar-refractivity contribution in [2.45, 2.75) is 13.0 Å². The molecule has 1 atom stereocenters. The number of aromatic nitrogens is 1. The van der Waals surface area contributed by atoms with Crippen LogP contribution in [0.25, 0.3) is 16.0 Å². The van der Waals surface area contributed by atoms with E-state index >= 15 is 0 Å². The van der Waals surface area contributed by atoms with Crippen LogP contribution in [0, 0.1) is 0 Å². The molecule has 8 nitrogen and oxygen atoms in total. The van der Waals surface area contributed by atoms with Crippen molar-refractivity contribution in [2.75, 3.05) is 25.7 Å². The van der Waals surface area contributed by atoms with Crippen LogP contribution in [-0.2, 0) is 9.59 Å². The Balaban J connectivity index is 1.71. The van der Waals surface area contributed by atoms with E-state index < -0.39 is 17.7 Å². The zero-order valence-electron chi connectivity index (χ0n) is 20.7. The van der Waals surface area contributed by atoms with E-state index in [1.807, 2.05) is 13.0 Å². The number of ether oxygens (including phenoxy) is 3. The van der Waals surface area contributed by atoms with Crippen LogP contribution in [0.15, 0.2) is 66.2 Å². The minimum atomic E-state index is -0.975. The molecule has 194 valence electrons. The van der Waals surface area contributed by atoms with Crippen LogP contribution in [0.1, 0.15) is 24.1 Å². The highest BCUT2D eigenvalue weighted by Gasteiger charge is 2.48. The fraction of sp³-hybridized carbons (Fsp3) is 0.179. The fourth-order valence-electron chi connectivity index (χ4n) is 4.38. The molecule has 1 saturated heterocycles. The molecule has 0 radical (unpaired) electrons. The van der Waals surface area contributed by atoms with E-state index in [-0.39, 0.29) is 11.3 Å². The predicted molar refractivity (Wildman–Crippen MR) is 147 cm³/mol. The number of halogens is 1. The van der Waals surface area contributed by atoms with Crippen LogP contribution < -0.4 is 19.1 Å². The number of carbonyl (C=O) groups excluding carboxylic acids is 2. The number of methoxy groups -OCH3 is 2. The number of aliphatic hydroxyl groups is 1. The van der Waals surface area contributed by atoms with Gasteiger partial charge in [-0.2, -0.15) is 0 Å². The number of Topliss-reactive ketones (excluding diaryl/α,β-unsaturated/α-hetero) is 1. The molecule has 2 heterocycles. The van der Waals surface area contributed by atoms with Crippen LogP contribution >= 0.6 is 22.9 Å². The Morgan fingerprint density at radius 3 is 2.45 bits per heavy atom. The van der Waals surface area contributed by atoms with E-state index in [4.69, 9.17) is 25.8 Å². The number of anilines is 1. The Labute approximate surface area is 227 Å². The number of hydrogen-bond acceptors (Lipinski definition) is 8. The van der Waals surface area contributed by atoms with Gasteiger partial charge in [0.2, 0.25) is 0 Å². The van der Waals surface area contributed by atoms with Crippen molar-refractivity contribution in [2.24, 2.45) is 0 Å². The van der Waals surface area contributed by atoms with Crippen LogP contribution in [-0.4, -0.2) is 42.6 Å². The van der Waals surface area contributed by atoms with Gasteiger partial charge >= 0.3 is 5.91 Å². The second-order valence-corrected chi connectivity index (χ2v) is 9.79. The maximum absolute atomic E-state index is 13.5. The molecule has 1 unspecified atom stereocenters. The lowest BCUT2D eigenvalue weighted by atomic mass is 9.95. The molecule has 0 aliphatic carbocycles. The quantitative estimate of drug-likeness (QED) is 0.171. The van der Waals surface area contributed by atoms with Gasteiger partial charge in [-0.05, 0) is 67.1 Å². The van der Waals surface area contributed by atoms with Gasteiger partial charge in [0.1, 0.15) is 11.5 Å². The van der Waals surface area contributed by atoms with Gasteiger partial charge in [-0.15, -0.1) is 0 Å². The SMILES string of the molecule is CCOc1ccc2nc(N3C(=O)C(=O)/C(=C(/O)c4ccc(Cl)cc4)C3c3ccc(OC)c(OC)c3)sc2c1. The minimum Gasteiger partial charge on any atom is -0.507 e. The summed E-state index contributed by atoms with van der Waals surface area (Å²) < 4.78 is 17.2. The highest BCUT2D eigenvalue weighted by molar-refractivity contribution is 7.22. The number of benzene rings is 3. The molecule has 5 rings (SSSR count). The highest BCUT2D eigenvalue weighted by atomic mass is 35.5. The summed E-state index contributed by atoms with van der Waals surface area (Å²) in [6, 6.07) is 15.9. The molecule has 1 N–H and O–H groups in total. The van der Waals surface area contributed by atoms with Crippen LogP contribution in [0.5, 0.6) is 17.2 Å². The Bertz CT molecular complexity index is 1580. The second kappa shape index (κ2) is 10.4. The third kappa shape index (κ3) is 4.44. The average molecular weight is 551 g/mol. The average Bonchev–Trinajstić information content (AvgIpc) is 3.46. The zero-order chi connectivity index (χ0) is 27.0. The number of aliphatic hydroxyl groups excluding tert-OH is 1. The number of hydrogen-bond donors (Lipinski definition) is 1. The summed E-state index contributed by atoms with van der Waals surface area (Å²) in [6.07, 6.45) is 0. The summed E-state index contributed by atoms with van der Waals surface area (Å²) in [5.41, 5.74) is 1.47. The van der Waals surface area contributed by atoms with E-state index in [0.29, 0.717) is 50.7 Å². The monoisotopic (exact) mass is 550 g/mol. The highest BCUT2D eigenvalue weighted by Crippen LogP contribution is 2.46. The lowest BCUT2D eigenvalue weighted by Crippen LogP contribution is -2.29. The Hall–Kier alpha value is -4.08. The van der Waals surface area contributed by atoms with E-state index in [1.165, 1.54) is 30.5 Å². The number of nitrogens with zero attached hydrogens (tertiary/aromatic N) is 2. The molecule has 0 saturated carbocycles. The molecule has 1 aromatic heterocycles. The van der Waals surface area contributed by atoms with E-state index in [1.54, 1.807) is 54.6 Å². The third-order valence-corrected chi connectivity index (χ3v) is 7.42. The van der Waals surface area contributed by atoms with Crippen molar-refractivity contribution >= 4 is 55.7 Å². The number of amides is 1. The molecule has 1 fully saturated rings. The molecule has 4 aromatic rings. The molecule has 3 aromatic carbocycles. The summed E-state index contributed by atoms with van der Waals surface area (Å²) in [5, 5.41) is 12.1. The first-order valence-corrected chi connectivity index (χ1v) is 12.9. The number of thiazole rings is 1. The molecule has 10 heteroatoms. The van der Waals surface area contributed by atoms with E-state index in [2.05, 4.69) is 4.98 Å². The minimum absolute atomic E-state index is 0.0706. The molecular formula is C28H23ClN2O6S. The lowest BCUT2D eigenvalue weighted by Gasteiger charge is -2.23. The van der Waals surface area contributed by atoms with Gasteiger partial charge < -0.3 is 19.3 Å². The summed E-state index contributed by atoms with van der Waals surface area (Å²) in [4.78, 5) is 32.9. The predicted octanol–water partition coefficient (Wildman–Crippen LogP) is 5.99. The van der Waals surface area contributed by atoms with Gasteiger partial charge in [-0.3, -0.25) is 14.5 Å². The molecule has 1 aliphatic rings. The standard InChI is InChI=1S/C28H23ClN2O6S/c1-4-37-18-10-11-19-22(14-18)38-28(30-19)31-24(16-7-12-20(35-2)21(13-16)36-3)23(26(33)27(31)34)25(32)15-5-8-17(29)9-6-15/h5-14,24,32H,4H2,1-3H3/b25-23+. The second-order valence-electron chi connectivity index (χ2n) is 8.35. The normalized spacial score (nSPS) is 16.7. The number of rotatable bonds is 7. The Kier molecular flexibility index (Phi) is 6.96. The molecule has 38 heavy (non-hydrogen) atoms. The van der Waals surface area contributed by atoms with Crippen LogP contribution in [0.3, 0.4) is 0 Å². The van der Waals surface area contributed by atoms with Crippen LogP contribution in [0.2, 0.25) is 5.02 Å². The van der Waals surface area contributed by atoms with Crippen molar-refractivity contribution in [3.05, 3.63) is 82.4 Å². The fourth-order valence-corrected chi connectivity index (χ4v) is 5.53. The number of carbonyl (C=O) groups is 2. The zero-order valence-corrected chi connectivity index (χ0v) is 22.3. The van der Waals surface area contributed by atoms with Gasteiger partial charge in [-0.1, -0.05) is 29.0 Å². The summed E-state index contributed by atoms with van der Waals surface area (Å²) >= 11 is 7.27. The van der Waals surface area contributed by atoms with Crippen LogP contribution in [0.4, 0.5) is 5.13 Å². The summed E-state index contributed by atoms with van der Waals surface area (Å²) in [6.45, 7) is 2.40. The van der Waals surface area contributed by atoms with Crippen molar-refractivity contribution in [1.82, 2.24) is 4.98 Å². The first-order valence-electron chi connectivity index (χ1n) is 11.7. The molecule has 1 amide bonds. The first kappa shape index (κ1) is 25.6. The van der Waals surface area contributed by atoms with Crippen molar-refractivity contribution in [1.29, 1.82) is 0 Å². The maximum atomic E-state index is 13.5. The molecular weight excluding hydrogens is 528 g/mol. The Morgan fingerprint density at radius 2 is 1.76 bits per heavy atom. The summed E-state index contributed by atoms with van der Waals surface area (Å²) in [7, 11) is 3.01. The molecule has 0 bridgehead atoms. The molecule has 0 spiro atoms. The van der Waals surface area contributed by atoms with E-state index in [0.717, 1.165) is 4.70 Å². The van der Waals surface area contributed by atoms with Gasteiger partial charge in [0, 0.05) is 10.6 Å². The lowest BCUT2D eigenvalue weighted by molar-refractivity contribution is -0.132. The Morgan fingerprint density at radius 1 is 1.03 bits per heavy atom. The topological polar surface area (TPSA) is 98.2 Å². The number of fused-ring (bicyclic) bond motifs is 1.